The molecule has 0 N–H and O–H groups in total. The second kappa shape index (κ2) is 8.94. The van der Waals surface area contributed by atoms with Crippen molar-refractivity contribution in [1.82, 2.24) is 9.55 Å². The lowest BCUT2D eigenvalue weighted by Crippen LogP contribution is -2.07. The number of esters is 1. The first kappa shape index (κ1) is 18.6. The number of aryl methyl sites for hydroxylation is 2. The van der Waals surface area contributed by atoms with Crippen LogP contribution in [0.5, 0.6) is 0 Å². The first-order valence-electron chi connectivity index (χ1n) is 8.73. The number of carbonyl (C=O) groups is 1. The number of ether oxygens (including phenoxy) is 1. The van der Waals surface area contributed by atoms with Crippen LogP contribution in [0.15, 0.2) is 67.3 Å². The Morgan fingerprint density at radius 3 is 2.70 bits per heavy atom. The van der Waals surface area contributed by atoms with Gasteiger partial charge in [0.1, 0.15) is 5.82 Å². The fourth-order valence-electron chi connectivity index (χ4n) is 2.85. The summed E-state index contributed by atoms with van der Waals surface area (Å²) in [4.78, 5) is 16.2. The fourth-order valence-corrected chi connectivity index (χ4v) is 2.85. The molecule has 0 bridgehead atoms. The first-order chi connectivity index (χ1) is 13.2. The molecule has 0 fully saturated rings. The lowest BCUT2D eigenvalue weighted by molar-refractivity contribution is 0.0599. The van der Waals surface area contributed by atoms with Crippen molar-refractivity contribution in [2.75, 3.05) is 7.11 Å². The average molecular weight is 364 g/mol. The highest BCUT2D eigenvalue weighted by atomic mass is 19.1. The van der Waals surface area contributed by atoms with E-state index in [1.54, 1.807) is 24.7 Å². The van der Waals surface area contributed by atoms with Crippen LogP contribution in [-0.4, -0.2) is 22.6 Å². The van der Waals surface area contributed by atoms with Gasteiger partial charge < -0.3 is 9.30 Å². The quantitative estimate of drug-likeness (QED) is 0.587. The van der Waals surface area contributed by atoms with Crippen LogP contribution in [-0.2, 0) is 24.1 Å². The van der Waals surface area contributed by atoms with Crippen molar-refractivity contribution in [1.29, 1.82) is 0 Å². The van der Waals surface area contributed by atoms with Gasteiger partial charge in [-0.25, -0.2) is 14.2 Å². The topological polar surface area (TPSA) is 44.1 Å². The van der Waals surface area contributed by atoms with Crippen LogP contribution in [0, 0.1) is 5.82 Å². The maximum Gasteiger partial charge on any atom is 0.338 e. The average Bonchev–Trinajstić information content (AvgIpc) is 3.21. The highest BCUT2D eigenvalue weighted by molar-refractivity contribution is 5.91. The molecule has 27 heavy (non-hydrogen) atoms. The minimum atomic E-state index is -0.353. The lowest BCUT2D eigenvalue weighted by Gasteiger charge is -2.09. The molecule has 0 aliphatic rings. The minimum Gasteiger partial charge on any atom is -0.465 e. The summed E-state index contributed by atoms with van der Waals surface area (Å²) in [6.45, 7) is 0.708. The first-order valence-corrected chi connectivity index (χ1v) is 8.73. The van der Waals surface area contributed by atoms with E-state index in [9.17, 15) is 9.18 Å². The van der Waals surface area contributed by atoms with E-state index in [-0.39, 0.29) is 11.8 Å². The second-order valence-electron chi connectivity index (χ2n) is 6.20. The molecule has 0 atom stereocenters. The Morgan fingerprint density at radius 1 is 1.19 bits per heavy atom. The number of carbonyl (C=O) groups excluding carboxylic acids is 1. The fraction of sp³-hybridized carbons (Fsp3) is 0.182. The summed E-state index contributed by atoms with van der Waals surface area (Å²) in [5, 5.41) is 0. The molecular weight excluding hydrogens is 343 g/mol. The minimum absolute atomic E-state index is 0.249. The molecular formula is C22H21FN2O2. The van der Waals surface area contributed by atoms with Crippen molar-refractivity contribution < 1.29 is 13.9 Å². The molecule has 0 radical (unpaired) electrons. The summed E-state index contributed by atoms with van der Waals surface area (Å²) < 4.78 is 19.9. The van der Waals surface area contributed by atoms with E-state index >= 15 is 0 Å². The van der Waals surface area contributed by atoms with E-state index in [4.69, 9.17) is 4.74 Å². The molecule has 1 aromatic heterocycles. The summed E-state index contributed by atoms with van der Waals surface area (Å²) >= 11 is 0. The number of benzene rings is 2. The molecule has 3 rings (SSSR count). The predicted octanol–water partition coefficient (Wildman–Crippen LogP) is 4.31. The standard InChI is InChI=1S/C22H21FN2O2/c1-27-22(26)21-15-18(3-2-13-25-14-12-24-16-25)5-9-19(21)8-4-17-6-10-20(23)11-7-17/h2-3,5-7,9-12,14-16H,4,8,13H2,1H3. The second-order valence-corrected chi connectivity index (χ2v) is 6.20. The van der Waals surface area contributed by atoms with Gasteiger partial charge in [-0.15, -0.1) is 0 Å². The molecule has 1 heterocycles. The number of nitrogens with zero attached hydrogens (tertiary/aromatic N) is 2. The van der Waals surface area contributed by atoms with Gasteiger partial charge in [-0.2, -0.15) is 0 Å². The predicted molar refractivity (Wildman–Crippen MR) is 103 cm³/mol. The van der Waals surface area contributed by atoms with Crippen molar-refractivity contribution in [3.8, 4) is 0 Å². The number of halogens is 1. The largest absolute Gasteiger partial charge is 0.465 e. The summed E-state index contributed by atoms with van der Waals surface area (Å²) in [6, 6.07) is 12.2. The maximum atomic E-state index is 13.0. The Hall–Kier alpha value is -3.21. The van der Waals surface area contributed by atoms with Gasteiger partial charge in [0.2, 0.25) is 0 Å². The van der Waals surface area contributed by atoms with Gasteiger partial charge in [0.15, 0.2) is 0 Å². The summed E-state index contributed by atoms with van der Waals surface area (Å²) in [5.74, 6) is -0.602. The number of aromatic nitrogens is 2. The van der Waals surface area contributed by atoms with Gasteiger partial charge >= 0.3 is 5.97 Å². The van der Waals surface area contributed by atoms with Crippen LogP contribution < -0.4 is 0 Å². The third kappa shape index (κ3) is 5.14. The zero-order chi connectivity index (χ0) is 19.1. The van der Waals surface area contributed by atoms with Crippen LogP contribution >= 0.6 is 0 Å². The van der Waals surface area contributed by atoms with Gasteiger partial charge in [-0.1, -0.05) is 36.4 Å². The zero-order valence-corrected chi connectivity index (χ0v) is 15.1. The molecule has 0 amide bonds. The molecule has 0 aliphatic carbocycles. The Balaban J connectivity index is 1.73. The summed E-state index contributed by atoms with van der Waals surface area (Å²) in [5.41, 5.74) is 3.43. The van der Waals surface area contributed by atoms with Gasteiger partial charge in [-0.05, 0) is 47.7 Å². The Kier molecular flexibility index (Phi) is 6.15. The zero-order valence-electron chi connectivity index (χ0n) is 15.1. The Bertz CT molecular complexity index is 916. The number of methoxy groups -OCH3 is 1. The SMILES string of the molecule is COC(=O)c1cc(C=CCn2ccnc2)ccc1CCc1ccc(F)cc1. The van der Waals surface area contributed by atoms with E-state index in [1.165, 1.54) is 19.2 Å². The lowest BCUT2D eigenvalue weighted by atomic mass is 9.97. The molecule has 2 aromatic carbocycles. The Morgan fingerprint density at radius 2 is 2.00 bits per heavy atom. The normalized spacial score (nSPS) is 11.0. The molecule has 5 heteroatoms. The van der Waals surface area contributed by atoms with Gasteiger partial charge in [0.25, 0.3) is 0 Å². The van der Waals surface area contributed by atoms with Crippen molar-refractivity contribution >= 4 is 12.0 Å². The van der Waals surface area contributed by atoms with Crippen LogP contribution in [0.3, 0.4) is 0 Å². The van der Waals surface area contributed by atoms with Gasteiger partial charge in [-0.3, -0.25) is 0 Å². The Labute approximate surface area is 157 Å². The van der Waals surface area contributed by atoms with Crippen molar-refractivity contribution in [3.05, 3.63) is 95.3 Å². The van der Waals surface area contributed by atoms with Gasteiger partial charge in [0, 0.05) is 18.9 Å². The van der Waals surface area contributed by atoms with E-state index in [0.29, 0.717) is 18.5 Å². The van der Waals surface area contributed by atoms with Crippen LogP contribution in [0.25, 0.3) is 6.08 Å². The van der Waals surface area contributed by atoms with Crippen LogP contribution in [0.4, 0.5) is 4.39 Å². The third-order valence-corrected chi connectivity index (χ3v) is 4.32. The van der Waals surface area contributed by atoms with Crippen molar-refractivity contribution in [3.63, 3.8) is 0 Å². The number of allylic oxidation sites excluding steroid dienone is 1. The van der Waals surface area contributed by atoms with E-state index < -0.39 is 0 Å². The number of hydrogen-bond acceptors (Lipinski definition) is 3. The molecule has 4 nitrogen and oxygen atoms in total. The van der Waals surface area contributed by atoms with Gasteiger partial charge in [0.05, 0.1) is 19.0 Å². The monoisotopic (exact) mass is 364 g/mol. The smallest absolute Gasteiger partial charge is 0.338 e. The summed E-state index contributed by atoms with van der Waals surface area (Å²) in [7, 11) is 1.38. The molecule has 0 saturated heterocycles. The molecule has 0 spiro atoms. The highest BCUT2D eigenvalue weighted by Crippen LogP contribution is 2.18. The molecule has 138 valence electrons. The summed E-state index contributed by atoms with van der Waals surface area (Å²) in [6.07, 6.45) is 10.8. The van der Waals surface area contributed by atoms with E-state index in [1.807, 2.05) is 41.1 Å². The molecule has 0 saturated carbocycles. The molecule has 0 aliphatic heterocycles. The number of imidazole rings is 1. The van der Waals surface area contributed by atoms with E-state index in [0.717, 1.165) is 23.1 Å². The number of hydrogen-bond donors (Lipinski definition) is 0. The maximum absolute atomic E-state index is 13.0. The van der Waals surface area contributed by atoms with Crippen LogP contribution in [0.2, 0.25) is 0 Å². The van der Waals surface area contributed by atoms with Crippen LogP contribution in [0.1, 0.15) is 27.0 Å². The van der Waals surface area contributed by atoms with Crippen molar-refractivity contribution in [2.45, 2.75) is 19.4 Å². The third-order valence-electron chi connectivity index (χ3n) is 4.32. The number of rotatable bonds is 7. The van der Waals surface area contributed by atoms with E-state index in [2.05, 4.69) is 4.98 Å². The molecule has 3 aromatic rings. The molecule has 0 unspecified atom stereocenters. The van der Waals surface area contributed by atoms with Crippen molar-refractivity contribution in [2.24, 2.45) is 0 Å². The highest BCUT2D eigenvalue weighted by Gasteiger charge is 2.12.